The third kappa shape index (κ3) is 3.88. The average molecular weight is 354 g/mol. The summed E-state index contributed by atoms with van der Waals surface area (Å²) in [4.78, 5) is 18.6. The number of rotatable bonds is 6. The number of benzene rings is 1. The Labute approximate surface area is 154 Å². The Balaban J connectivity index is 1.70. The van der Waals surface area contributed by atoms with Crippen LogP contribution in [-0.4, -0.2) is 40.6 Å². The van der Waals surface area contributed by atoms with Gasteiger partial charge in [0.05, 0.1) is 13.2 Å². The highest BCUT2D eigenvalue weighted by molar-refractivity contribution is 5.77. The van der Waals surface area contributed by atoms with E-state index >= 15 is 0 Å². The quantitative estimate of drug-likeness (QED) is 0.866. The van der Waals surface area contributed by atoms with Crippen molar-refractivity contribution >= 4 is 5.91 Å². The van der Waals surface area contributed by atoms with E-state index in [4.69, 9.17) is 4.74 Å². The number of likely N-dealkylation sites (tertiary alicyclic amines) is 1. The van der Waals surface area contributed by atoms with Crippen LogP contribution in [0.25, 0.3) is 0 Å². The first-order chi connectivity index (χ1) is 12.5. The lowest BCUT2D eigenvalue weighted by Crippen LogP contribution is -2.48. The maximum absolute atomic E-state index is 12.8. The molecule has 26 heavy (non-hydrogen) atoms. The number of carbonyl (C=O) groups is 1. The number of aromatic nitrogens is 1. The van der Waals surface area contributed by atoms with E-state index in [1.807, 2.05) is 41.3 Å². The normalized spacial score (nSPS) is 19.2. The molecule has 1 N–H and O–H groups in total. The van der Waals surface area contributed by atoms with E-state index in [1.54, 1.807) is 26.4 Å². The van der Waals surface area contributed by atoms with Gasteiger partial charge in [0.15, 0.2) is 0 Å². The molecule has 0 radical (unpaired) electrons. The lowest BCUT2D eigenvalue weighted by molar-refractivity contribution is -0.137. The van der Waals surface area contributed by atoms with Crippen molar-refractivity contribution in [3.63, 3.8) is 0 Å². The molecule has 0 saturated carbocycles. The molecule has 1 aromatic heterocycles. The van der Waals surface area contributed by atoms with Gasteiger partial charge in [0.25, 0.3) is 0 Å². The maximum atomic E-state index is 12.8. The molecule has 2 atom stereocenters. The molecule has 0 aliphatic carbocycles. The van der Waals surface area contributed by atoms with Crippen molar-refractivity contribution in [2.75, 3.05) is 13.7 Å². The highest BCUT2D eigenvalue weighted by Crippen LogP contribution is 2.35. The molecule has 5 heteroatoms. The molecular formula is C21H26N2O3. The number of hydrogen-bond donors (Lipinski definition) is 1. The summed E-state index contributed by atoms with van der Waals surface area (Å²) in [5, 5.41) is 11.2. The fraction of sp³-hybridized carbons (Fsp3) is 0.429. The molecule has 0 spiro atoms. The second-order valence-electron chi connectivity index (χ2n) is 6.98. The summed E-state index contributed by atoms with van der Waals surface area (Å²) in [7, 11) is 1.62. The van der Waals surface area contributed by atoms with Gasteiger partial charge in [-0.2, -0.15) is 0 Å². The van der Waals surface area contributed by atoms with E-state index in [2.05, 4.69) is 4.98 Å². The number of amides is 1. The van der Waals surface area contributed by atoms with Crippen molar-refractivity contribution in [3.05, 3.63) is 59.9 Å². The number of aryl methyl sites for hydroxylation is 1. The van der Waals surface area contributed by atoms with Gasteiger partial charge < -0.3 is 14.7 Å². The fourth-order valence-electron chi connectivity index (χ4n) is 3.71. The highest BCUT2D eigenvalue weighted by Gasteiger charge is 2.42. The van der Waals surface area contributed by atoms with Crippen LogP contribution in [0.2, 0.25) is 0 Å². The van der Waals surface area contributed by atoms with E-state index < -0.39 is 5.60 Å². The smallest absolute Gasteiger partial charge is 0.223 e. The zero-order valence-corrected chi connectivity index (χ0v) is 15.4. The van der Waals surface area contributed by atoms with Crippen molar-refractivity contribution in [2.45, 2.75) is 44.2 Å². The Bertz CT molecular complexity index is 729. The van der Waals surface area contributed by atoms with Crippen LogP contribution < -0.4 is 4.74 Å². The molecule has 0 bridgehead atoms. The molecule has 2 heterocycles. The first-order valence-electron chi connectivity index (χ1n) is 9.07. The molecule has 3 rings (SSSR count). The molecule has 1 aromatic carbocycles. The van der Waals surface area contributed by atoms with E-state index in [0.29, 0.717) is 19.4 Å². The molecule has 0 unspecified atom stereocenters. The minimum Gasteiger partial charge on any atom is -0.497 e. The van der Waals surface area contributed by atoms with Gasteiger partial charge in [0.1, 0.15) is 11.4 Å². The Morgan fingerprint density at radius 1 is 1.27 bits per heavy atom. The molecule has 1 saturated heterocycles. The summed E-state index contributed by atoms with van der Waals surface area (Å²) < 4.78 is 5.19. The second kappa shape index (κ2) is 7.87. The van der Waals surface area contributed by atoms with E-state index in [1.165, 1.54) is 0 Å². The van der Waals surface area contributed by atoms with Crippen LogP contribution in [0.5, 0.6) is 5.75 Å². The third-order valence-corrected chi connectivity index (χ3v) is 5.27. The second-order valence-corrected chi connectivity index (χ2v) is 6.98. The predicted octanol–water partition coefficient (Wildman–Crippen LogP) is 2.92. The molecule has 138 valence electrons. The van der Waals surface area contributed by atoms with Crippen molar-refractivity contribution in [3.8, 4) is 5.75 Å². The van der Waals surface area contributed by atoms with Gasteiger partial charge >= 0.3 is 0 Å². The molecule has 1 aliphatic heterocycles. The number of hydrogen-bond acceptors (Lipinski definition) is 4. The lowest BCUT2D eigenvalue weighted by Gasteiger charge is -2.37. The van der Waals surface area contributed by atoms with Crippen LogP contribution >= 0.6 is 0 Å². The van der Waals surface area contributed by atoms with Gasteiger partial charge in [0, 0.05) is 25.4 Å². The zero-order valence-electron chi connectivity index (χ0n) is 15.4. The first-order valence-corrected chi connectivity index (χ1v) is 9.07. The summed E-state index contributed by atoms with van der Waals surface area (Å²) >= 11 is 0. The molecule has 1 fully saturated rings. The van der Waals surface area contributed by atoms with Crippen LogP contribution in [-0.2, 0) is 16.8 Å². The van der Waals surface area contributed by atoms with Crippen LogP contribution in [0.4, 0.5) is 0 Å². The minimum atomic E-state index is -1.09. The molecule has 2 aromatic rings. The number of ether oxygens (including phenoxy) is 1. The molecule has 1 aliphatic rings. The zero-order chi connectivity index (χ0) is 18.6. The van der Waals surface area contributed by atoms with Crippen molar-refractivity contribution < 1.29 is 14.6 Å². The first kappa shape index (κ1) is 18.4. The van der Waals surface area contributed by atoms with Gasteiger partial charge in [-0.15, -0.1) is 0 Å². The average Bonchev–Trinajstić information content (AvgIpc) is 3.18. The Morgan fingerprint density at radius 2 is 1.96 bits per heavy atom. The molecular weight excluding hydrogens is 328 g/mol. The molecule has 1 amide bonds. The van der Waals surface area contributed by atoms with Crippen LogP contribution in [0.1, 0.15) is 37.3 Å². The van der Waals surface area contributed by atoms with Crippen LogP contribution in [0, 0.1) is 0 Å². The summed E-state index contributed by atoms with van der Waals surface area (Å²) in [6, 6.07) is 11.1. The summed E-state index contributed by atoms with van der Waals surface area (Å²) in [5.41, 5.74) is 0.817. The Morgan fingerprint density at radius 3 is 2.62 bits per heavy atom. The van der Waals surface area contributed by atoms with E-state index in [-0.39, 0.29) is 11.9 Å². The van der Waals surface area contributed by atoms with Crippen molar-refractivity contribution in [1.82, 2.24) is 9.88 Å². The minimum absolute atomic E-state index is 0.0955. The number of nitrogens with zero attached hydrogens (tertiary/aromatic N) is 2. The fourth-order valence-corrected chi connectivity index (χ4v) is 3.71. The Kier molecular flexibility index (Phi) is 5.57. The van der Waals surface area contributed by atoms with E-state index in [0.717, 1.165) is 29.7 Å². The van der Waals surface area contributed by atoms with Gasteiger partial charge in [-0.25, -0.2) is 0 Å². The van der Waals surface area contributed by atoms with Crippen molar-refractivity contribution in [1.29, 1.82) is 0 Å². The largest absolute Gasteiger partial charge is 0.497 e. The maximum Gasteiger partial charge on any atom is 0.223 e. The van der Waals surface area contributed by atoms with Crippen LogP contribution in [0.3, 0.4) is 0 Å². The van der Waals surface area contributed by atoms with Gasteiger partial charge in [-0.3, -0.25) is 9.78 Å². The molecule has 5 nitrogen and oxygen atoms in total. The SMILES string of the molecule is COc1ccc([C@](C)(O)[C@H]2CCCN2C(=O)CCc2ccncc2)cc1. The third-order valence-electron chi connectivity index (χ3n) is 5.27. The van der Waals surface area contributed by atoms with Gasteiger partial charge in [0.2, 0.25) is 5.91 Å². The standard InChI is InChI=1S/C21H26N2O3/c1-21(25,17-6-8-18(26-2)9-7-17)19-4-3-15-23(19)20(24)10-5-16-11-13-22-14-12-16/h6-9,11-14,19,25H,3-5,10,15H2,1-2H3/t19-,21+/m1/s1. The van der Waals surface area contributed by atoms with Gasteiger partial charge in [-0.1, -0.05) is 12.1 Å². The summed E-state index contributed by atoms with van der Waals surface area (Å²) in [6.07, 6.45) is 6.34. The van der Waals surface area contributed by atoms with Crippen LogP contribution in [0.15, 0.2) is 48.8 Å². The van der Waals surface area contributed by atoms with Crippen molar-refractivity contribution in [2.24, 2.45) is 0 Å². The Hall–Kier alpha value is -2.40. The lowest BCUT2D eigenvalue weighted by atomic mass is 9.86. The predicted molar refractivity (Wildman–Crippen MR) is 99.9 cm³/mol. The van der Waals surface area contributed by atoms with Gasteiger partial charge in [-0.05, 0) is 61.6 Å². The number of methoxy groups -OCH3 is 1. The topological polar surface area (TPSA) is 62.7 Å². The number of aliphatic hydroxyl groups is 1. The summed E-state index contributed by atoms with van der Waals surface area (Å²) in [6.45, 7) is 2.50. The summed E-state index contributed by atoms with van der Waals surface area (Å²) in [5.74, 6) is 0.847. The number of carbonyl (C=O) groups excluding carboxylic acids is 1. The monoisotopic (exact) mass is 354 g/mol. The highest BCUT2D eigenvalue weighted by atomic mass is 16.5. The number of pyridine rings is 1. The van der Waals surface area contributed by atoms with E-state index in [9.17, 15) is 9.90 Å².